The number of alkyl halides is 2. The lowest BCUT2D eigenvalue weighted by Crippen LogP contribution is -2.41. The second-order valence-corrected chi connectivity index (χ2v) is 6.37. The van der Waals surface area contributed by atoms with Crippen molar-refractivity contribution in [2.45, 2.75) is 31.4 Å². The molecule has 1 aromatic rings. The standard InChI is InChI=1S/C13H14ClF2NOS/c1-3-9-4-11-10(5-12(14)19-11)13(15,16)7-18-6-8(2)17-9/h1,5,8-9,17H,4,6-7H2,2H3/t8-,9+/m0/s1. The van der Waals surface area contributed by atoms with Crippen LogP contribution in [0.2, 0.25) is 4.34 Å². The zero-order valence-electron chi connectivity index (χ0n) is 10.4. The Morgan fingerprint density at radius 3 is 3.05 bits per heavy atom. The Hall–Kier alpha value is -0.670. The first kappa shape index (κ1) is 14.7. The molecule has 0 aliphatic carbocycles. The number of nitrogens with one attached hydrogen (secondary N) is 1. The SMILES string of the molecule is C#C[C@@H]1Cc2sc(Cl)cc2C(F)(F)COC[C@H](C)N1. The minimum atomic E-state index is -3.03. The van der Waals surface area contributed by atoms with E-state index in [-0.39, 0.29) is 24.3 Å². The van der Waals surface area contributed by atoms with E-state index in [1.54, 1.807) is 0 Å². The number of ether oxygens (including phenoxy) is 1. The molecule has 0 amide bonds. The van der Waals surface area contributed by atoms with Crippen LogP contribution >= 0.6 is 22.9 Å². The van der Waals surface area contributed by atoms with Gasteiger partial charge in [-0.2, -0.15) is 8.78 Å². The molecule has 19 heavy (non-hydrogen) atoms. The van der Waals surface area contributed by atoms with Gasteiger partial charge in [-0.05, 0) is 13.0 Å². The highest BCUT2D eigenvalue weighted by Crippen LogP contribution is 2.39. The highest BCUT2D eigenvalue weighted by atomic mass is 35.5. The van der Waals surface area contributed by atoms with Crippen LogP contribution in [0, 0.1) is 12.3 Å². The third-order valence-corrected chi connectivity index (χ3v) is 4.19. The summed E-state index contributed by atoms with van der Waals surface area (Å²) in [6, 6.07) is 0.929. The molecule has 2 atom stereocenters. The van der Waals surface area contributed by atoms with E-state index < -0.39 is 12.5 Å². The van der Waals surface area contributed by atoms with Crippen molar-refractivity contribution in [2.75, 3.05) is 13.2 Å². The lowest BCUT2D eigenvalue weighted by molar-refractivity contribution is -0.0865. The van der Waals surface area contributed by atoms with E-state index in [0.29, 0.717) is 15.6 Å². The fourth-order valence-electron chi connectivity index (χ4n) is 2.04. The van der Waals surface area contributed by atoms with Crippen molar-refractivity contribution in [2.24, 2.45) is 0 Å². The molecule has 0 unspecified atom stereocenters. The summed E-state index contributed by atoms with van der Waals surface area (Å²) in [5, 5.41) is 3.17. The van der Waals surface area contributed by atoms with Crippen LogP contribution in [0.3, 0.4) is 0 Å². The van der Waals surface area contributed by atoms with E-state index >= 15 is 0 Å². The van der Waals surface area contributed by atoms with E-state index in [1.165, 1.54) is 6.07 Å². The number of rotatable bonds is 0. The molecule has 0 aromatic carbocycles. The average Bonchev–Trinajstić information content (AvgIpc) is 2.69. The minimum absolute atomic E-state index is 0.0703. The Kier molecular flexibility index (Phi) is 4.46. The smallest absolute Gasteiger partial charge is 0.297 e. The Morgan fingerprint density at radius 1 is 1.63 bits per heavy atom. The maximum atomic E-state index is 14.1. The maximum Gasteiger partial charge on any atom is 0.297 e. The van der Waals surface area contributed by atoms with Crippen molar-refractivity contribution in [1.29, 1.82) is 0 Å². The van der Waals surface area contributed by atoms with Crippen molar-refractivity contribution in [3.05, 3.63) is 20.8 Å². The molecular weight excluding hydrogens is 292 g/mol. The van der Waals surface area contributed by atoms with Gasteiger partial charge in [0.05, 0.1) is 17.0 Å². The molecule has 0 radical (unpaired) electrons. The first-order valence-electron chi connectivity index (χ1n) is 5.89. The van der Waals surface area contributed by atoms with Gasteiger partial charge in [0.25, 0.3) is 5.92 Å². The second kappa shape index (κ2) is 5.76. The predicted molar refractivity (Wildman–Crippen MR) is 73.0 cm³/mol. The molecule has 104 valence electrons. The van der Waals surface area contributed by atoms with Crippen molar-refractivity contribution in [1.82, 2.24) is 5.32 Å². The van der Waals surface area contributed by atoms with E-state index in [1.807, 2.05) is 6.92 Å². The van der Waals surface area contributed by atoms with Gasteiger partial charge < -0.3 is 4.74 Å². The van der Waals surface area contributed by atoms with Crippen LogP contribution in [0.4, 0.5) is 8.78 Å². The zero-order valence-corrected chi connectivity index (χ0v) is 12.0. The van der Waals surface area contributed by atoms with E-state index in [4.69, 9.17) is 22.8 Å². The molecule has 0 bridgehead atoms. The van der Waals surface area contributed by atoms with Gasteiger partial charge in [0.1, 0.15) is 6.61 Å². The third-order valence-electron chi connectivity index (χ3n) is 2.90. The summed E-state index contributed by atoms with van der Waals surface area (Å²) >= 11 is 7.00. The largest absolute Gasteiger partial charge is 0.373 e. The van der Waals surface area contributed by atoms with Crippen LogP contribution in [0.5, 0.6) is 0 Å². The first-order valence-corrected chi connectivity index (χ1v) is 7.08. The predicted octanol–water partition coefficient (Wildman–Crippen LogP) is 3.05. The van der Waals surface area contributed by atoms with Crippen LogP contribution in [0.25, 0.3) is 0 Å². The Bertz CT molecular complexity index is 497. The maximum absolute atomic E-state index is 14.1. The fraction of sp³-hybridized carbons (Fsp3) is 0.538. The quantitative estimate of drug-likeness (QED) is 0.744. The van der Waals surface area contributed by atoms with Crippen molar-refractivity contribution in [3.8, 4) is 12.3 Å². The minimum Gasteiger partial charge on any atom is -0.373 e. The number of hydrogen-bond acceptors (Lipinski definition) is 3. The van der Waals surface area contributed by atoms with Gasteiger partial charge in [-0.25, -0.2) is 0 Å². The first-order chi connectivity index (χ1) is 8.92. The Morgan fingerprint density at radius 2 is 2.37 bits per heavy atom. The molecule has 1 N–H and O–H groups in total. The molecule has 2 rings (SSSR count). The Balaban J connectivity index is 2.37. The summed E-state index contributed by atoms with van der Waals surface area (Å²) in [7, 11) is 0. The van der Waals surface area contributed by atoms with Gasteiger partial charge in [0, 0.05) is 22.9 Å². The molecular formula is C13H14ClF2NOS. The van der Waals surface area contributed by atoms with Gasteiger partial charge >= 0.3 is 0 Å². The molecule has 0 saturated carbocycles. The molecule has 2 heterocycles. The van der Waals surface area contributed by atoms with Gasteiger partial charge in [-0.15, -0.1) is 17.8 Å². The molecule has 6 heteroatoms. The Labute approximate surface area is 120 Å². The van der Waals surface area contributed by atoms with Crippen molar-refractivity contribution < 1.29 is 13.5 Å². The highest BCUT2D eigenvalue weighted by molar-refractivity contribution is 7.16. The molecule has 1 aliphatic rings. The number of fused-ring (bicyclic) bond motifs is 1. The van der Waals surface area contributed by atoms with E-state index in [2.05, 4.69) is 11.2 Å². The number of hydrogen-bond donors (Lipinski definition) is 1. The summed E-state index contributed by atoms with van der Waals surface area (Å²) < 4.78 is 33.6. The molecule has 1 aromatic heterocycles. The molecule has 0 fully saturated rings. The number of thiophene rings is 1. The van der Waals surface area contributed by atoms with E-state index in [0.717, 1.165) is 11.3 Å². The normalized spacial score (nSPS) is 27.3. The van der Waals surface area contributed by atoms with Gasteiger partial charge in [-0.1, -0.05) is 17.5 Å². The van der Waals surface area contributed by atoms with E-state index in [9.17, 15) is 8.78 Å². The monoisotopic (exact) mass is 305 g/mol. The van der Waals surface area contributed by atoms with Crippen LogP contribution < -0.4 is 5.32 Å². The fourth-order valence-corrected chi connectivity index (χ4v) is 3.41. The van der Waals surface area contributed by atoms with Crippen LogP contribution in [-0.2, 0) is 17.1 Å². The average molecular weight is 306 g/mol. The summed E-state index contributed by atoms with van der Waals surface area (Å²) in [6.07, 6.45) is 5.79. The number of terminal acetylenes is 1. The lowest BCUT2D eigenvalue weighted by Gasteiger charge is -2.24. The summed E-state index contributed by atoms with van der Waals surface area (Å²) in [5.41, 5.74) is -0.0703. The molecule has 2 nitrogen and oxygen atoms in total. The highest BCUT2D eigenvalue weighted by Gasteiger charge is 2.37. The van der Waals surface area contributed by atoms with Gasteiger partial charge in [0.15, 0.2) is 0 Å². The van der Waals surface area contributed by atoms with Crippen LogP contribution in [-0.4, -0.2) is 25.3 Å². The van der Waals surface area contributed by atoms with Crippen LogP contribution in [0.15, 0.2) is 6.07 Å². The second-order valence-electron chi connectivity index (χ2n) is 4.60. The van der Waals surface area contributed by atoms with Crippen LogP contribution in [0.1, 0.15) is 17.4 Å². The molecule has 0 saturated heterocycles. The van der Waals surface area contributed by atoms with Crippen molar-refractivity contribution >= 4 is 22.9 Å². The topological polar surface area (TPSA) is 21.3 Å². The summed E-state index contributed by atoms with van der Waals surface area (Å²) in [4.78, 5) is 0.517. The lowest BCUT2D eigenvalue weighted by atomic mass is 10.0. The van der Waals surface area contributed by atoms with Gasteiger partial charge in [0.2, 0.25) is 0 Å². The van der Waals surface area contributed by atoms with Gasteiger partial charge in [-0.3, -0.25) is 5.32 Å². The van der Waals surface area contributed by atoms with Crippen molar-refractivity contribution in [3.63, 3.8) is 0 Å². The third kappa shape index (κ3) is 3.46. The number of halogens is 3. The summed E-state index contributed by atoms with van der Waals surface area (Å²) in [5.74, 6) is -0.453. The molecule has 0 spiro atoms. The summed E-state index contributed by atoms with van der Waals surface area (Å²) in [6.45, 7) is 1.41. The molecule has 1 aliphatic heterocycles. The zero-order chi connectivity index (χ0) is 14.0.